The molecule has 1 fully saturated rings. The van der Waals surface area contributed by atoms with E-state index in [1.165, 1.54) is 6.07 Å². The van der Waals surface area contributed by atoms with Gasteiger partial charge >= 0.3 is 0 Å². The first-order valence-corrected chi connectivity index (χ1v) is 6.08. The fourth-order valence-electron chi connectivity index (χ4n) is 2.11. The number of carbonyl (C=O) groups excluding carboxylic acids is 1. The summed E-state index contributed by atoms with van der Waals surface area (Å²) in [5, 5.41) is 0. The molecule has 0 aromatic heterocycles. The van der Waals surface area contributed by atoms with E-state index in [1.807, 2.05) is 0 Å². The zero-order chi connectivity index (χ0) is 12.3. The van der Waals surface area contributed by atoms with E-state index in [1.54, 1.807) is 19.1 Å². The normalized spacial score (nSPS) is 20.2. The van der Waals surface area contributed by atoms with Gasteiger partial charge in [-0.15, -0.1) is 0 Å². The molecule has 2 nitrogen and oxygen atoms in total. The summed E-state index contributed by atoms with van der Waals surface area (Å²) in [4.78, 5) is 12.0. The van der Waals surface area contributed by atoms with Gasteiger partial charge in [-0.05, 0) is 49.9 Å². The molecule has 17 heavy (non-hydrogen) atoms. The van der Waals surface area contributed by atoms with Crippen molar-refractivity contribution in [3.63, 3.8) is 0 Å². The molecule has 0 saturated carbocycles. The molecular formula is C14H17FO2. The maximum atomic E-state index is 13.1. The average Bonchev–Trinajstić information content (AvgIpc) is 2.34. The van der Waals surface area contributed by atoms with E-state index >= 15 is 0 Å². The summed E-state index contributed by atoms with van der Waals surface area (Å²) in [7, 11) is 0. The minimum Gasteiger partial charge on any atom is -0.378 e. The van der Waals surface area contributed by atoms with Crippen LogP contribution in [0.5, 0.6) is 0 Å². The first-order chi connectivity index (χ1) is 8.16. The van der Waals surface area contributed by atoms with Crippen molar-refractivity contribution in [2.75, 3.05) is 6.61 Å². The topological polar surface area (TPSA) is 26.3 Å². The summed E-state index contributed by atoms with van der Waals surface area (Å²) in [6, 6.07) is 4.51. The SMILES string of the molecule is Cc1cc(C(=O)CC2CCCCO2)ccc1F. The van der Waals surface area contributed by atoms with Crippen LogP contribution >= 0.6 is 0 Å². The third kappa shape index (κ3) is 3.13. The number of halogens is 1. The molecule has 0 aliphatic carbocycles. The number of ether oxygens (including phenoxy) is 1. The molecule has 0 radical (unpaired) electrons. The maximum Gasteiger partial charge on any atom is 0.165 e. The second kappa shape index (κ2) is 5.41. The Hall–Kier alpha value is -1.22. The van der Waals surface area contributed by atoms with Gasteiger partial charge in [0.05, 0.1) is 6.10 Å². The summed E-state index contributed by atoms with van der Waals surface area (Å²) >= 11 is 0. The van der Waals surface area contributed by atoms with Gasteiger partial charge in [-0.1, -0.05) is 0 Å². The van der Waals surface area contributed by atoms with Crippen molar-refractivity contribution in [2.45, 2.75) is 38.7 Å². The summed E-state index contributed by atoms with van der Waals surface area (Å²) in [6.07, 6.45) is 3.61. The quantitative estimate of drug-likeness (QED) is 0.753. The molecule has 1 aromatic carbocycles. The van der Waals surface area contributed by atoms with Crippen LogP contribution in [0, 0.1) is 12.7 Å². The molecule has 1 heterocycles. The minimum absolute atomic E-state index is 0.0417. The molecule has 1 aromatic rings. The number of carbonyl (C=O) groups is 1. The second-order valence-electron chi connectivity index (χ2n) is 4.58. The highest BCUT2D eigenvalue weighted by Crippen LogP contribution is 2.19. The molecular weight excluding hydrogens is 219 g/mol. The summed E-state index contributed by atoms with van der Waals surface area (Å²) in [5.74, 6) is -0.226. The Morgan fingerprint density at radius 3 is 2.94 bits per heavy atom. The average molecular weight is 236 g/mol. The van der Waals surface area contributed by atoms with Crippen molar-refractivity contribution < 1.29 is 13.9 Å². The minimum atomic E-state index is -0.268. The Balaban J connectivity index is 2.01. The number of ketones is 1. The lowest BCUT2D eigenvalue weighted by Crippen LogP contribution is -2.22. The largest absolute Gasteiger partial charge is 0.378 e. The molecule has 0 bridgehead atoms. The van der Waals surface area contributed by atoms with E-state index in [4.69, 9.17) is 4.74 Å². The predicted octanol–water partition coefficient (Wildman–Crippen LogP) is 3.28. The lowest BCUT2D eigenvalue weighted by molar-refractivity contribution is 0.0129. The first kappa shape index (κ1) is 12.2. The molecule has 3 heteroatoms. The fourth-order valence-corrected chi connectivity index (χ4v) is 2.11. The van der Waals surface area contributed by atoms with Crippen LogP contribution in [0.2, 0.25) is 0 Å². The van der Waals surface area contributed by atoms with Gasteiger partial charge < -0.3 is 4.74 Å². The first-order valence-electron chi connectivity index (χ1n) is 6.08. The van der Waals surface area contributed by atoms with Crippen LogP contribution in [0.3, 0.4) is 0 Å². The van der Waals surface area contributed by atoms with Crippen LogP contribution in [-0.4, -0.2) is 18.5 Å². The molecule has 92 valence electrons. The molecule has 1 saturated heterocycles. The fraction of sp³-hybridized carbons (Fsp3) is 0.500. The highest BCUT2D eigenvalue weighted by atomic mass is 19.1. The zero-order valence-corrected chi connectivity index (χ0v) is 10.0. The standard InChI is InChI=1S/C14H17FO2/c1-10-8-11(5-6-13(10)15)14(16)9-12-4-2-3-7-17-12/h5-6,8,12H,2-4,7,9H2,1H3. The second-order valence-corrected chi connectivity index (χ2v) is 4.58. The van der Waals surface area contributed by atoms with Crippen molar-refractivity contribution in [3.8, 4) is 0 Å². The van der Waals surface area contributed by atoms with Gasteiger partial charge in [-0.25, -0.2) is 4.39 Å². The van der Waals surface area contributed by atoms with Gasteiger partial charge in [0.2, 0.25) is 0 Å². The summed E-state index contributed by atoms with van der Waals surface area (Å²) < 4.78 is 18.6. The van der Waals surface area contributed by atoms with Crippen molar-refractivity contribution in [1.29, 1.82) is 0 Å². The van der Waals surface area contributed by atoms with Crippen LogP contribution in [0.4, 0.5) is 4.39 Å². The van der Waals surface area contributed by atoms with E-state index in [-0.39, 0.29) is 17.7 Å². The Morgan fingerprint density at radius 2 is 2.29 bits per heavy atom. The van der Waals surface area contributed by atoms with Gasteiger partial charge in [0.1, 0.15) is 5.82 Å². The van der Waals surface area contributed by atoms with Crippen molar-refractivity contribution in [3.05, 3.63) is 35.1 Å². The summed E-state index contributed by atoms with van der Waals surface area (Å²) in [5.41, 5.74) is 1.10. The van der Waals surface area contributed by atoms with Crippen molar-refractivity contribution >= 4 is 5.78 Å². The Labute approximate surface area is 101 Å². The lowest BCUT2D eigenvalue weighted by Gasteiger charge is -2.21. The van der Waals surface area contributed by atoms with Gasteiger partial charge in [0.25, 0.3) is 0 Å². The molecule has 0 N–H and O–H groups in total. The highest BCUT2D eigenvalue weighted by Gasteiger charge is 2.18. The van der Waals surface area contributed by atoms with Crippen LogP contribution < -0.4 is 0 Å². The van der Waals surface area contributed by atoms with Crippen LogP contribution in [-0.2, 0) is 4.74 Å². The van der Waals surface area contributed by atoms with E-state index in [2.05, 4.69) is 0 Å². The lowest BCUT2D eigenvalue weighted by atomic mass is 9.99. The van der Waals surface area contributed by atoms with Crippen LogP contribution in [0.15, 0.2) is 18.2 Å². The van der Waals surface area contributed by atoms with E-state index < -0.39 is 0 Å². The molecule has 1 atom stereocenters. The maximum absolute atomic E-state index is 13.1. The zero-order valence-electron chi connectivity index (χ0n) is 10.0. The number of hydrogen-bond acceptors (Lipinski definition) is 2. The number of Topliss-reactive ketones (excluding diaryl/α,β-unsaturated/α-hetero) is 1. The van der Waals surface area contributed by atoms with Gasteiger partial charge in [-0.2, -0.15) is 0 Å². The Morgan fingerprint density at radius 1 is 1.47 bits per heavy atom. The number of aryl methyl sites for hydroxylation is 1. The molecule has 1 unspecified atom stereocenters. The van der Waals surface area contributed by atoms with E-state index in [0.29, 0.717) is 17.5 Å². The highest BCUT2D eigenvalue weighted by molar-refractivity contribution is 5.96. The monoisotopic (exact) mass is 236 g/mol. The smallest absolute Gasteiger partial charge is 0.165 e. The molecule has 0 amide bonds. The van der Waals surface area contributed by atoms with Gasteiger partial charge in [-0.3, -0.25) is 4.79 Å². The third-order valence-electron chi connectivity index (χ3n) is 3.17. The van der Waals surface area contributed by atoms with E-state index in [9.17, 15) is 9.18 Å². The molecule has 0 spiro atoms. The van der Waals surface area contributed by atoms with Crippen molar-refractivity contribution in [2.24, 2.45) is 0 Å². The Kier molecular flexibility index (Phi) is 3.89. The van der Waals surface area contributed by atoms with Crippen LogP contribution in [0.1, 0.15) is 41.6 Å². The van der Waals surface area contributed by atoms with Gasteiger partial charge in [0.15, 0.2) is 5.78 Å². The van der Waals surface area contributed by atoms with E-state index in [0.717, 1.165) is 25.9 Å². The van der Waals surface area contributed by atoms with Crippen molar-refractivity contribution in [1.82, 2.24) is 0 Å². The third-order valence-corrected chi connectivity index (χ3v) is 3.17. The summed E-state index contributed by atoms with van der Waals surface area (Å²) in [6.45, 7) is 2.42. The Bertz CT molecular complexity index is 409. The number of benzene rings is 1. The molecule has 1 aliphatic rings. The number of rotatable bonds is 3. The predicted molar refractivity (Wildman–Crippen MR) is 63.7 cm³/mol. The van der Waals surface area contributed by atoms with Crippen LogP contribution in [0.25, 0.3) is 0 Å². The van der Waals surface area contributed by atoms with Gasteiger partial charge in [0, 0.05) is 18.6 Å². The number of hydrogen-bond donors (Lipinski definition) is 0. The molecule has 2 rings (SSSR count). The molecule has 1 aliphatic heterocycles.